The first-order valence-electron chi connectivity index (χ1n) is 7.20. The van der Waals surface area contributed by atoms with Gasteiger partial charge in [0.15, 0.2) is 11.5 Å². The third-order valence-electron chi connectivity index (χ3n) is 3.30. The van der Waals surface area contributed by atoms with Crippen LogP contribution in [0, 0.1) is 33.8 Å². The predicted octanol–water partition coefficient (Wildman–Crippen LogP) is 3.68. The molecule has 2 aromatic rings. The Labute approximate surface area is 145 Å². The quantitative estimate of drug-likeness (QED) is 0.264. The molecule has 0 spiro atoms. The minimum absolute atomic E-state index is 0.0748. The van der Waals surface area contributed by atoms with Gasteiger partial charge >= 0.3 is 0 Å². The maximum Gasteiger partial charge on any atom is 0.270 e. The maximum atomic E-state index is 10.9. The molecule has 0 aliphatic carbocycles. The molecule has 0 aliphatic rings. The number of hydrogen-bond acceptors (Lipinski definition) is 5. The van der Waals surface area contributed by atoms with Gasteiger partial charge in [-0.15, -0.1) is 6.42 Å². The van der Waals surface area contributed by atoms with Gasteiger partial charge in [-0.2, -0.15) is 5.26 Å². The number of rotatable bonds is 6. The number of non-ortho nitro benzene ring substituents is 1. The molecule has 2 aromatic carbocycles. The van der Waals surface area contributed by atoms with Crippen LogP contribution in [-0.2, 0) is 0 Å². The molecule has 0 heterocycles. The summed E-state index contributed by atoms with van der Waals surface area (Å²) in [6.07, 6.45) is 6.79. The smallest absolute Gasteiger partial charge is 0.270 e. The molecular weight excluding hydrogens is 320 g/mol. The van der Waals surface area contributed by atoms with Gasteiger partial charge in [-0.1, -0.05) is 24.1 Å². The molecule has 0 atom stereocenters. The van der Waals surface area contributed by atoms with E-state index < -0.39 is 4.92 Å². The van der Waals surface area contributed by atoms with E-state index in [-0.39, 0.29) is 12.3 Å². The second-order valence-electron chi connectivity index (χ2n) is 4.88. The first-order chi connectivity index (χ1) is 12.1. The highest BCUT2D eigenvalue weighted by Gasteiger charge is 2.10. The molecule has 0 aromatic heterocycles. The molecule has 0 radical (unpaired) electrons. The van der Waals surface area contributed by atoms with E-state index in [4.69, 9.17) is 15.9 Å². The van der Waals surface area contributed by atoms with Crippen LogP contribution in [0.5, 0.6) is 11.5 Å². The molecule has 6 nitrogen and oxygen atoms in total. The van der Waals surface area contributed by atoms with Crippen LogP contribution in [0.4, 0.5) is 5.69 Å². The zero-order chi connectivity index (χ0) is 18.2. The van der Waals surface area contributed by atoms with Crippen LogP contribution in [0.25, 0.3) is 11.6 Å². The standard InChI is InChI=1S/C19H14N2O4/c1-3-9-25-18-8-7-14(11-19(18)24-2)10-16(13-20)15-5-4-6-17(12-15)21(22)23/h1,4-8,10-12H,9H2,2H3. The molecular formula is C19H14N2O4. The van der Waals surface area contributed by atoms with Crippen molar-refractivity contribution in [3.8, 4) is 29.9 Å². The highest BCUT2D eigenvalue weighted by atomic mass is 16.6. The van der Waals surface area contributed by atoms with Crippen molar-refractivity contribution in [2.45, 2.75) is 0 Å². The van der Waals surface area contributed by atoms with Crippen LogP contribution < -0.4 is 9.47 Å². The minimum Gasteiger partial charge on any atom is -0.493 e. The number of methoxy groups -OCH3 is 1. The average molecular weight is 334 g/mol. The summed E-state index contributed by atoms with van der Waals surface area (Å²) in [6, 6.07) is 13.1. The van der Waals surface area contributed by atoms with Crippen LogP contribution in [0.15, 0.2) is 42.5 Å². The summed E-state index contributed by atoms with van der Waals surface area (Å²) in [5, 5.41) is 20.3. The van der Waals surface area contributed by atoms with Gasteiger partial charge < -0.3 is 9.47 Å². The fourth-order valence-electron chi connectivity index (χ4n) is 2.15. The van der Waals surface area contributed by atoms with E-state index in [0.29, 0.717) is 28.2 Å². The van der Waals surface area contributed by atoms with Gasteiger partial charge in [-0.3, -0.25) is 10.1 Å². The lowest BCUT2D eigenvalue weighted by Gasteiger charge is -2.09. The molecule has 0 unspecified atom stereocenters. The zero-order valence-electron chi connectivity index (χ0n) is 13.4. The molecule has 0 saturated heterocycles. The lowest BCUT2D eigenvalue weighted by atomic mass is 10.0. The number of ether oxygens (including phenoxy) is 2. The molecule has 25 heavy (non-hydrogen) atoms. The molecule has 0 saturated carbocycles. The summed E-state index contributed by atoms with van der Waals surface area (Å²) in [7, 11) is 1.50. The number of nitrogens with zero attached hydrogens (tertiary/aromatic N) is 2. The number of nitriles is 1. The molecule has 6 heteroatoms. The summed E-state index contributed by atoms with van der Waals surface area (Å²) in [6.45, 7) is 0.114. The van der Waals surface area contributed by atoms with Crippen LogP contribution in [0.2, 0.25) is 0 Å². The number of allylic oxidation sites excluding steroid dienone is 1. The lowest BCUT2D eigenvalue weighted by molar-refractivity contribution is -0.384. The van der Waals surface area contributed by atoms with Crippen molar-refractivity contribution < 1.29 is 14.4 Å². The van der Waals surface area contributed by atoms with Crippen LogP contribution in [0.1, 0.15) is 11.1 Å². The van der Waals surface area contributed by atoms with Crippen LogP contribution in [-0.4, -0.2) is 18.6 Å². The van der Waals surface area contributed by atoms with Crippen LogP contribution >= 0.6 is 0 Å². The Balaban J connectivity index is 2.40. The van der Waals surface area contributed by atoms with E-state index in [1.54, 1.807) is 30.3 Å². The summed E-state index contributed by atoms with van der Waals surface area (Å²) in [5.74, 6) is 3.34. The molecule has 2 rings (SSSR count). The van der Waals surface area contributed by atoms with E-state index in [9.17, 15) is 15.4 Å². The van der Waals surface area contributed by atoms with Gasteiger partial charge in [-0.05, 0) is 29.3 Å². The summed E-state index contributed by atoms with van der Waals surface area (Å²) < 4.78 is 10.6. The number of nitro benzene ring substituents is 1. The Bertz CT molecular complexity index is 904. The van der Waals surface area contributed by atoms with Gasteiger partial charge in [0.2, 0.25) is 0 Å². The third kappa shape index (κ3) is 4.37. The van der Waals surface area contributed by atoms with Crippen molar-refractivity contribution in [2.75, 3.05) is 13.7 Å². The Kier molecular flexibility index (Phi) is 5.76. The minimum atomic E-state index is -0.501. The highest BCUT2D eigenvalue weighted by Crippen LogP contribution is 2.30. The zero-order valence-corrected chi connectivity index (χ0v) is 13.4. The van der Waals surface area contributed by atoms with Gasteiger partial charge in [0.1, 0.15) is 6.61 Å². The molecule has 124 valence electrons. The third-order valence-corrected chi connectivity index (χ3v) is 3.30. The normalized spacial score (nSPS) is 10.4. The molecule has 0 bridgehead atoms. The monoisotopic (exact) mass is 334 g/mol. The van der Waals surface area contributed by atoms with Crippen molar-refractivity contribution in [2.24, 2.45) is 0 Å². The highest BCUT2D eigenvalue weighted by molar-refractivity contribution is 5.90. The number of terminal acetylenes is 1. The van der Waals surface area contributed by atoms with E-state index in [1.807, 2.05) is 0 Å². The Morgan fingerprint density at radius 1 is 1.32 bits per heavy atom. The fourth-order valence-corrected chi connectivity index (χ4v) is 2.15. The van der Waals surface area contributed by atoms with Gasteiger partial charge in [0.05, 0.1) is 23.7 Å². The van der Waals surface area contributed by atoms with Crippen LogP contribution in [0.3, 0.4) is 0 Å². The van der Waals surface area contributed by atoms with E-state index in [2.05, 4.69) is 12.0 Å². The summed E-state index contributed by atoms with van der Waals surface area (Å²) in [4.78, 5) is 10.4. The maximum absolute atomic E-state index is 10.9. The summed E-state index contributed by atoms with van der Waals surface area (Å²) >= 11 is 0. The number of benzene rings is 2. The first-order valence-corrected chi connectivity index (χ1v) is 7.20. The summed E-state index contributed by atoms with van der Waals surface area (Å²) in [5.41, 5.74) is 1.37. The van der Waals surface area contributed by atoms with Crippen molar-refractivity contribution in [1.82, 2.24) is 0 Å². The molecule has 0 amide bonds. The fraction of sp³-hybridized carbons (Fsp3) is 0.105. The Hall–Kier alpha value is -3.77. The lowest BCUT2D eigenvalue weighted by Crippen LogP contribution is -1.96. The Morgan fingerprint density at radius 3 is 2.76 bits per heavy atom. The van der Waals surface area contributed by atoms with Crippen molar-refractivity contribution >= 4 is 17.3 Å². The number of hydrogen-bond donors (Lipinski definition) is 0. The van der Waals surface area contributed by atoms with E-state index in [0.717, 1.165) is 0 Å². The van der Waals surface area contributed by atoms with E-state index in [1.165, 1.54) is 25.3 Å². The van der Waals surface area contributed by atoms with Crippen molar-refractivity contribution in [3.63, 3.8) is 0 Å². The predicted molar refractivity (Wildman–Crippen MR) is 93.9 cm³/mol. The molecule has 0 N–H and O–H groups in total. The molecule has 0 fully saturated rings. The van der Waals surface area contributed by atoms with Crippen molar-refractivity contribution in [1.29, 1.82) is 5.26 Å². The molecule has 0 aliphatic heterocycles. The van der Waals surface area contributed by atoms with Gasteiger partial charge in [-0.25, -0.2) is 0 Å². The van der Waals surface area contributed by atoms with Crippen molar-refractivity contribution in [3.05, 3.63) is 63.7 Å². The SMILES string of the molecule is C#CCOc1ccc(C=C(C#N)c2cccc([N+](=O)[O-])c2)cc1OC. The van der Waals surface area contributed by atoms with Gasteiger partial charge in [0, 0.05) is 12.1 Å². The average Bonchev–Trinajstić information content (AvgIpc) is 2.64. The second-order valence-corrected chi connectivity index (χ2v) is 4.88. The van der Waals surface area contributed by atoms with Gasteiger partial charge in [0.25, 0.3) is 5.69 Å². The largest absolute Gasteiger partial charge is 0.493 e. The first kappa shape index (κ1) is 17.6. The van der Waals surface area contributed by atoms with E-state index >= 15 is 0 Å². The Morgan fingerprint density at radius 2 is 2.12 bits per heavy atom. The number of nitro groups is 1. The second kappa shape index (κ2) is 8.19. The topological polar surface area (TPSA) is 85.4 Å².